The quantitative estimate of drug-likeness (QED) is 0.547. The highest BCUT2D eigenvalue weighted by atomic mass is 19.1. The Balaban J connectivity index is 1.79. The molecule has 0 saturated carbocycles. The zero-order valence-electron chi connectivity index (χ0n) is 19.6. The normalized spacial score (nSPS) is 11.2. The van der Waals surface area contributed by atoms with Gasteiger partial charge in [-0.15, -0.1) is 0 Å². The Labute approximate surface area is 193 Å². The fourth-order valence-corrected chi connectivity index (χ4v) is 3.23. The SMILES string of the molecule is CCN(CC(=O)Nc1cc(C(C)(C)C)nn1-c1cccc(C)c1)C(=O)Nc1ccccc1F. The predicted octanol–water partition coefficient (Wildman–Crippen LogP) is 5.11. The summed E-state index contributed by atoms with van der Waals surface area (Å²) in [6.07, 6.45) is 0. The molecular weight excluding hydrogens is 421 g/mol. The van der Waals surface area contributed by atoms with Gasteiger partial charge in [0.2, 0.25) is 5.91 Å². The maximum atomic E-state index is 13.9. The van der Waals surface area contributed by atoms with Crippen LogP contribution in [0.1, 0.15) is 39.0 Å². The van der Waals surface area contributed by atoms with E-state index in [-0.39, 0.29) is 30.1 Å². The van der Waals surface area contributed by atoms with Gasteiger partial charge in [0.1, 0.15) is 18.2 Å². The summed E-state index contributed by atoms with van der Waals surface area (Å²) in [6.45, 7) is 9.97. The van der Waals surface area contributed by atoms with Crippen LogP contribution in [0.15, 0.2) is 54.6 Å². The number of benzene rings is 2. The zero-order valence-corrected chi connectivity index (χ0v) is 19.6. The van der Waals surface area contributed by atoms with Crippen LogP contribution in [0.2, 0.25) is 0 Å². The highest BCUT2D eigenvalue weighted by molar-refractivity contribution is 5.96. The van der Waals surface area contributed by atoms with Crippen molar-refractivity contribution in [2.45, 2.75) is 40.0 Å². The molecule has 0 spiro atoms. The van der Waals surface area contributed by atoms with E-state index in [1.54, 1.807) is 23.7 Å². The van der Waals surface area contributed by atoms with Crippen molar-refractivity contribution in [1.29, 1.82) is 0 Å². The number of carbonyl (C=O) groups excluding carboxylic acids is 2. The molecule has 0 fully saturated rings. The van der Waals surface area contributed by atoms with Gasteiger partial charge in [0, 0.05) is 18.0 Å². The molecule has 0 unspecified atom stereocenters. The van der Waals surface area contributed by atoms with Gasteiger partial charge in [-0.1, -0.05) is 45.0 Å². The first-order valence-electron chi connectivity index (χ1n) is 10.9. The molecule has 0 saturated heterocycles. The zero-order chi connectivity index (χ0) is 24.2. The molecule has 174 valence electrons. The number of aromatic nitrogens is 2. The molecule has 33 heavy (non-hydrogen) atoms. The van der Waals surface area contributed by atoms with Gasteiger partial charge in [0.25, 0.3) is 0 Å². The third-order valence-electron chi connectivity index (χ3n) is 5.11. The second kappa shape index (κ2) is 9.85. The fraction of sp³-hybridized carbons (Fsp3) is 0.320. The number of para-hydroxylation sites is 1. The molecule has 0 aliphatic carbocycles. The lowest BCUT2D eigenvalue weighted by molar-refractivity contribution is -0.116. The lowest BCUT2D eigenvalue weighted by Gasteiger charge is -2.21. The van der Waals surface area contributed by atoms with Crippen LogP contribution in [0.5, 0.6) is 0 Å². The number of hydrogen-bond acceptors (Lipinski definition) is 3. The van der Waals surface area contributed by atoms with Crippen molar-refractivity contribution < 1.29 is 14.0 Å². The van der Waals surface area contributed by atoms with Crippen LogP contribution in [-0.2, 0) is 10.2 Å². The van der Waals surface area contributed by atoms with E-state index in [2.05, 4.69) is 10.6 Å². The third kappa shape index (κ3) is 5.97. The standard InChI is InChI=1S/C25H30FN5O2/c1-6-30(24(33)27-20-13-8-7-12-19(20)26)16-23(32)28-22-15-21(25(3,4)5)29-31(22)18-11-9-10-17(2)14-18/h7-15H,6,16H2,1-5H3,(H,27,33)(H,28,32). The molecule has 0 atom stereocenters. The van der Waals surface area contributed by atoms with E-state index in [0.29, 0.717) is 5.82 Å². The number of halogens is 1. The number of carbonyl (C=O) groups is 2. The van der Waals surface area contributed by atoms with Crippen molar-refractivity contribution in [3.63, 3.8) is 0 Å². The van der Waals surface area contributed by atoms with Gasteiger partial charge in [-0.2, -0.15) is 5.10 Å². The number of nitrogens with zero attached hydrogens (tertiary/aromatic N) is 3. The summed E-state index contributed by atoms with van der Waals surface area (Å²) in [5.74, 6) is -0.404. The van der Waals surface area contributed by atoms with Gasteiger partial charge < -0.3 is 15.5 Å². The van der Waals surface area contributed by atoms with Crippen molar-refractivity contribution in [2.75, 3.05) is 23.7 Å². The number of anilines is 2. The van der Waals surface area contributed by atoms with E-state index in [1.165, 1.54) is 17.0 Å². The molecule has 0 radical (unpaired) electrons. The van der Waals surface area contributed by atoms with E-state index < -0.39 is 11.8 Å². The van der Waals surface area contributed by atoms with Crippen molar-refractivity contribution in [2.24, 2.45) is 0 Å². The average molecular weight is 452 g/mol. The van der Waals surface area contributed by atoms with Crippen LogP contribution in [0, 0.1) is 12.7 Å². The number of urea groups is 1. The minimum atomic E-state index is -0.555. The van der Waals surface area contributed by atoms with Crippen molar-refractivity contribution in [3.8, 4) is 5.69 Å². The first-order valence-corrected chi connectivity index (χ1v) is 10.9. The van der Waals surface area contributed by atoms with Crippen molar-refractivity contribution in [1.82, 2.24) is 14.7 Å². The van der Waals surface area contributed by atoms with Gasteiger partial charge >= 0.3 is 6.03 Å². The van der Waals surface area contributed by atoms with Crippen LogP contribution in [0.3, 0.4) is 0 Å². The second-order valence-corrected chi connectivity index (χ2v) is 8.89. The highest BCUT2D eigenvalue weighted by Gasteiger charge is 2.23. The molecule has 0 aliphatic rings. The van der Waals surface area contributed by atoms with Gasteiger partial charge in [0.05, 0.1) is 17.1 Å². The molecule has 0 aliphatic heterocycles. The van der Waals surface area contributed by atoms with Crippen molar-refractivity contribution >= 4 is 23.4 Å². The van der Waals surface area contributed by atoms with Crippen LogP contribution in [-0.4, -0.2) is 39.7 Å². The number of aryl methyl sites for hydroxylation is 1. The number of hydrogen-bond donors (Lipinski definition) is 2. The minimum Gasteiger partial charge on any atom is -0.315 e. The van der Waals surface area contributed by atoms with E-state index in [4.69, 9.17) is 5.10 Å². The summed E-state index contributed by atoms with van der Waals surface area (Å²) in [6, 6.07) is 15.0. The Hall–Kier alpha value is -3.68. The maximum absolute atomic E-state index is 13.9. The van der Waals surface area contributed by atoms with E-state index in [9.17, 15) is 14.0 Å². The van der Waals surface area contributed by atoms with Crippen LogP contribution < -0.4 is 10.6 Å². The van der Waals surface area contributed by atoms with Gasteiger partial charge in [-0.25, -0.2) is 13.9 Å². The second-order valence-electron chi connectivity index (χ2n) is 8.89. The first kappa shape index (κ1) is 24.0. The number of amides is 3. The molecule has 8 heteroatoms. The van der Waals surface area contributed by atoms with E-state index in [0.717, 1.165) is 16.9 Å². The number of nitrogens with one attached hydrogen (secondary N) is 2. The summed E-state index contributed by atoms with van der Waals surface area (Å²) in [4.78, 5) is 26.8. The molecule has 0 bridgehead atoms. The summed E-state index contributed by atoms with van der Waals surface area (Å²) in [7, 11) is 0. The molecule has 7 nitrogen and oxygen atoms in total. The Morgan fingerprint density at radius 1 is 1.06 bits per heavy atom. The van der Waals surface area contributed by atoms with Gasteiger partial charge in [-0.3, -0.25) is 4.79 Å². The van der Waals surface area contributed by atoms with Crippen LogP contribution in [0.4, 0.5) is 20.7 Å². The largest absolute Gasteiger partial charge is 0.322 e. The molecule has 3 aromatic rings. The monoisotopic (exact) mass is 451 g/mol. The summed E-state index contributed by atoms with van der Waals surface area (Å²) < 4.78 is 15.6. The smallest absolute Gasteiger partial charge is 0.315 e. The topological polar surface area (TPSA) is 79.3 Å². The maximum Gasteiger partial charge on any atom is 0.322 e. The molecule has 2 N–H and O–H groups in total. The lowest BCUT2D eigenvalue weighted by Crippen LogP contribution is -2.40. The van der Waals surface area contributed by atoms with Gasteiger partial charge in [0.15, 0.2) is 0 Å². The minimum absolute atomic E-state index is 0.0636. The molecular formula is C25H30FN5O2. The number of rotatable bonds is 6. The molecule has 3 amide bonds. The number of likely N-dealkylation sites (N-methyl/N-ethyl adjacent to an activating group) is 1. The first-order chi connectivity index (χ1) is 15.6. The van der Waals surface area contributed by atoms with Gasteiger partial charge in [-0.05, 0) is 43.7 Å². The summed E-state index contributed by atoms with van der Waals surface area (Å²) in [5.41, 5.74) is 2.56. The van der Waals surface area contributed by atoms with E-state index in [1.807, 2.05) is 58.0 Å². The fourth-order valence-electron chi connectivity index (χ4n) is 3.23. The highest BCUT2D eigenvalue weighted by Crippen LogP contribution is 2.26. The Bertz CT molecular complexity index is 1150. The van der Waals surface area contributed by atoms with Crippen LogP contribution in [0.25, 0.3) is 5.69 Å². The van der Waals surface area contributed by atoms with E-state index >= 15 is 0 Å². The molecule has 3 rings (SSSR count). The summed E-state index contributed by atoms with van der Waals surface area (Å²) in [5, 5.41) is 10.1. The predicted molar refractivity (Wildman–Crippen MR) is 128 cm³/mol. The van der Waals surface area contributed by atoms with Crippen molar-refractivity contribution in [3.05, 3.63) is 71.7 Å². The lowest BCUT2D eigenvalue weighted by atomic mass is 9.92. The van der Waals surface area contributed by atoms with Crippen LogP contribution >= 0.6 is 0 Å². The average Bonchev–Trinajstić information content (AvgIpc) is 3.18. The summed E-state index contributed by atoms with van der Waals surface area (Å²) >= 11 is 0. The molecule has 2 aromatic carbocycles. The molecule has 1 aromatic heterocycles. The third-order valence-corrected chi connectivity index (χ3v) is 5.11. The Kier molecular flexibility index (Phi) is 7.16. The Morgan fingerprint density at radius 3 is 2.42 bits per heavy atom. The Morgan fingerprint density at radius 2 is 1.79 bits per heavy atom. The molecule has 1 heterocycles.